The van der Waals surface area contributed by atoms with Crippen LogP contribution in [0.2, 0.25) is 4.34 Å². The Balaban J connectivity index is 2.33. The van der Waals surface area contributed by atoms with E-state index < -0.39 is 18.0 Å². The van der Waals surface area contributed by atoms with Gasteiger partial charge in [-0.1, -0.05) is 25.4 Å². The smallest absolute Gasteiger partial charge is 0.326 e. The van der Waals surface area contributed by atoms with Crippen LogP contribution in [0.3, 0.4) is 0 Å². The van der Waals surface area contributed by atoms with Gasteiger partial charge in [0.25, 0.3) is 0 Å². The SMILES string of the molecule is CC(C)[C@@H](NC(=O)NCCc1ccc(Cl)s1)C(=O)O. The second-order valence-electron chi connectivity index (χ2n) is 4.42. The molecule has 2 amide bonds. The highest BCUT2D eigenvalue weighted by atomic mass is 35.5. The van der Waals surface area contributed by atoms with Crippen LogP contribution in [0.4, 0.5) is 4.79 Å². The molecule has 0 bridgehead atoms. The molecule has 0 fully saturated rings. The first kappa shape index (κ1) is 15.8. The fourth-order valence-corrected chi connectivity index (χ4v) is 2.58. The Labute approximate surface area is 121 Å². The molecule has 3 N–H and O–H groups in total. The van der Waals surface area contributed by atoms with Crippen molar-refractivity contribution in [2.75, 3.05) is 6.54 Å². The highest BCUT2D eigenvalue weighted by Gasteiger charge is 2.22. The van der Waals surface area contributed by atoms with E-state index in [9.17, 15) is 9.59 Å². The monoisotopic (exact) mass is 304 g/mol. The summed E-state index contributed by atoms with van der Waals surface area (Å²) in [5.74, 6) is -1.20. The first-order chi connectivity index (χ1) is 8.90. The molecular weight excluding hydrogens is 288 g/mol. The quantitative estimate of drug-likeness (QED) is 0.755. The molecule has 0 spiro atoms. The molecule has 0 radical (unpaired) electrons. The predicted molar refractivity (Wildman–Crippen MR) is 75.8 cm³/mol. The molecule has 19 heavy (non-hydrogen) atoms. The van der Waals surface area contributed by atoms with E-state index in [0.717, 1.165) is 4.88 Å². The van der Waals surface area contributed by atoms with Crippen molar-refractivity contribution < 1.29 is 14.7 Å². The molecule has 106 valence electrons. The number of amides is 2. The summed E-state index contributed by atoms with van der Waals surface area (Å²) in [6.45, 7) is 3.92. The molecule has 0 aromatic carbocycles. The van der Waals surface area contributed by atoms with Crippen LogP contribution >= 0.6 is 22.9 Å². The number of carbonyl (C=O) groups excluding carboxylic acids is 1. The van der Waals surface area contributed by atoms with Crippen LogP contribution in [0.15, 0.2) is 12.1 Å². The lowest BCUT2D eigenvalue weighted by molar-refractivity contribution is -0.140. The molecule has 0 saturated heterocycles. The van der Waals surface area contributed by atoms with Crippen molar-refractivity contribution in [3.63, 3.8) is 0 Å². The third-order valence-corrected chi connectivity index (χ3v) is 3.80. The normalized spacial score (nSPS) is 12.2. The van der Waals surface area contributed by atoms with E-state index in [2.05, 4.69) is 10.6 Å². The summed E-state index contributed by atoms with van der Waals surface area (Å²) in [6.07, 6.45) is 0.671. The number of carbonyl (C=O) groups is 2. The molecule has 0 aliphatic heterocycles. The van der Waals surface area contributed by atoms with E-state index in [1.54, 1.807) is 19.9 Å². The second kappa shape index (κ2) is 7.35. The van der Waals surface area contributed by atoms with Crippen molar-refractivity contribution in [2.45, 2.75) is 26.3 Å². The number of hydrogen-bond acceptors (Lipinski definition) is 3. The summed E-state index contributed by atoms with van der Waals surface area (Å²) in [5, 5.41) is 14.0. The largest absolute Gasteiger partial charge is 0.480 e. The summed E-state index contributed by atoms with van der Waals surface area (Å²) in [5.41, 5.74) is 0. The number of aliphatic carboxylic acids is 1. The van der Waals surface area contributed by atoms with Crippen LogP contribution in [-0.2, 0) is 11.2 Å². The summed E-state index contributed by atoms with van der Waals surface area (Å²) >= 11 is 7.26. The summed E-state index contributed by atoms with van der Waals surface area (Å²) in [6, 6.07) is 2.36. The second-order valence-corrected chi connectivity index (χ2v) is 6.22. The summed E-state index contributed by atoms with van der Waals surface area (Å²) in [4.78, 5) is 23.5. The fourth-order valence-electron chi connectivity index (χ4n) is 1.49. The molecule has 7 heteroatoms. The molecule has 1 atom stereocenters. The van der Waals surface area contributed by atoms with Crippen molar-refractivity contribution in [3.05, 3.63) is 21.3 Å². The predicted octanol–water partition coefficient (Wildman–Crippen LogP) is 2.35. The van der Waals surface area contributed by atoms with E-state index in [4.69, 9.17) is 16.7 Å². The molecule has 0 unspecified atom stereocenters. The first-order valence-corrected chi connectivity index (χ1v) is 7.11. The molecule has 0 aliphatic carbocycles. The molecule has 1 rings (SSSR count). The molecular formula is C12H17ClN2O3S. The van der Waals surface area contributed by atoms with Gasteiger partial charge < -0.3 is 15.7 Å². The van der Waals surface area contributed by atoms with Crippen molar-refractivity contribution in [3.8, 4) is 0 Å². The van der Waals surface area contributed by atoms with Crippen LogP contribution in [0.25, 0.3) is 0 Å². The molecule has 0 aliphatic rings. The number of hydrogen-bond donors (Lipinski definition) is 3. The standard InChI is InChI=1S/C12H17ClN2O3S/c1-7(2)10(11(16)17)15-12(18)14-6-5-8-3-4-9(13)19-8/h3-4,7,10H,5-6H2,1-2H3,(H,16,17)(H2,14,15,18)/t10-/m1/s1. The Morgan fingerprint density at radius 2 is 2.11 bits per heavy atom. The number of carboxylic acid groups (broad SMARTS) is 1. The van der Waals surface area contributed by atoms with Crippen molar-refractivity contribution in [1.29, 1.82) is 0 Å². The number of urea groups is 1. The van der Waals surface area contributed by atoms with E-state index >= 15 is 0 Å². The number of halogens is 1. The van der Waals surface area contributed by atoms with Crippen molar-refractivity contribution in [2.24, 2.45) is 5.92 Å². The Hall–Kier alpha value is -1.27. The lowest BCUT2D eigenvalue weighted by Gasteiger charge is -2.18. The van der Waals surface area contributed by atoms with Gasteiger partial charge in [0.1, 0.15) is 6.04 Å². The highest BCUT2D eigenvalue weighted by molar-refractivity contribution is 7.16. The van der Waals surface area contributed by atoms with E-state index in [-0.39, 0.29) is 5.92 Å². The zero-order chi connectivity index (χ0) is 14.4. The molecule has 0 saturated carbocycles. The lowest BCUT2D eigenvalue weighted by atomic mass is 10.1. The van der Waals surface area contributed by atoms with E-state index in [1.807, 2.05) is 6.07 Å². The van der Waals surface area contributed by atoms with Gasteiger partial charge in [-0.25, -0.2) is 9.59 Å². The number of carboxylic acids is 1. The third kappa shape index (κ3) is 5.48. The minimum absolute atomic E-state index is 0.167. The minimum Gasteiger partial charge on any atom is -0.480 e. The van der Waals surface area contributed by atoms with Gasteiger partial charge in [0.05, 0.1) is 4.34 Å². The molecule has 1 aromatic heterocycles. The van der Waals surface area contributed by atoms with Crippen LogP contribution < -0.4 is 10.6 Å². The maximum absolute atomic E-state index is 11.5. The van der Waals surface area contributed by atoms with Gasteiger partial charge in [0, 0.05) is 11.4 Å². The molecule has 1 aromatic rings. The van der Waals surface area contributed by atoms with Crippen molar-refractivity contribution >= 4 is 34.9 Å². The maximum atomic E-state index is 11.5. The van der Waals surface area contributed by atoms with Gasteiger partial charge in [0.15, 0.2) is 0 Å². The van der Waals surface area contributed by atoms with E-state index in [1.165, 1.54) is 11.3 Å². The zero-order valence-electron chi connectivity index (χ0n) is 10.8. The van der Waals surface area contributed by atoms with Gasteiger partial charge >= 0.3 is 12.0 Å². The van der Waals surface area contributed by atoms with Crippen LogP contribution in [0.5, 0.6) is 0 Å². The average molecular weight is 305 g/mol. The van der Waals surface area contributed by atoms with Crippen molar-refractivity contribution in [1.82, 2.24) is 10.6 Å². The van der Waals surface area contributed by atoms with Crippen LogP contribution in [-0.4, -0.2) is 29.7 Å². The molecule has 5 nitrogen and oxygen atoms in total. The number of thiophene rings is 1. The average Bonchev–Trinajstić information content (AvgIpc) is 2.71. The fraction of sp³-hybridized carbons (Fsp3) is 0.500. The highest BCUT2D eigenvalue weighted by Crippen LogP contribution is 2.21. The van der Waals surface area contributed by atoms with Gasteiger partial charge in [-0.05, 0) is 24.5 Å². The van der Waals surface area contributed by atoms with Crippen LogP contribution in [0, 0.1) is 5.92 Å². The Kier molecular flexibility index (Phi) is 6.11. The van der Waals surface area contributed by atoms with Gasteiger partial charge in [-0.3, -0.25) is 0 Å². The van der Waals surface area contributed by atoms with Gasteiger partial charge in [0.2, 0.25) is 0 Å². The van der Waals surface area contributed by atoms with Gasteiger partial charge in [-0.15, -0.1) is 11.3 Å². The molecule has 1 heterocycles. The van der Waals surface area contributed by atoms with Gasteiger partial charge in [-0.2, -0.15) is 0 Å². The Morgan fingerprint density at radius 3 is 2.58 bits per heavy atom. The van der Waals surface area contributed by atoms with Crippen LogP contribution in [0.1, 0.15) is 18.7 Å². The minimum atomic E-state index is -1.03. The lowest BCUT2D eigenvalue weighted by Crippen LogP contribution is -2.48. The topological polar surface area (TPSA) is 78.4 Å². The summed E-state index contributed by atoms with van der Waals surface area (Å²) in [7, 11) is 0. The summed E-state index contributed by atoms with van der Waals surface area (Å²) < 4.78 is 0.713. The third-order valence-electron chi connectivity index (χ3n) is 2.51. The first-order valence-electron chi connectivity index (χ1n) is 5.91. The maximum Gasteiger partial charge on any atom is 0.326 e. The Bertz CT molecular complexity index is 448. The number of nitrogens with one attached hydrogen (secondary N) is 2. The Morgan fingerprint density at radius 1 is 1.42 bits per heavy atom. The van der Waals surface area contributed by atoms with E-state index in [0.29, 0.717) is 17.3 Å². The number of rotatable bonds is 6. The zero-order valence-corrected chi connectivity index (χ0v) is 12.3.